The van der Waals surface area contributed by atoms with Crippen LogP contribution < -0.4 is 0 Å². The molecule has 1 N–H and O–H groups in total. The SMILES string of the molecule is COCc1ccccc1-c1sc2c(c1C(=O)O)CC(C)(C)CC2(C)C. The van der Waals surface area contributed by atoms with Gasteiger partial charge in [-0.25, -0.2) is 4.79 Å². The van der Waals surface area contributed by atoms with Crippen LogP contribution in [0.25, 0.3) is 10.4 Å². The monoisotopic (exact) mass is 358 g/mol. The Bertz CT molecular complexity index is 815. The van der Waals surface area contributed by atoms with Gasteiger partial charge in [-0.3, -0.25) is 0 Å². The highest BCUT2D eigenvalue weighted by molar-refractivity contribution is 7.16. The molecule has 0 fully saturated rings. The van der Waals surface area contributed by atoms with E-state index in [0.717, 1.165) is 34.4 Å². The molecule has 0 spiro atoms. The Balaban J connectivity index is 2.28. The van der Waals surface area contributed by atoms with E-state index in [1.165, 1.54) is 4.88 Å². The first-order chi connectivity index (χ1) is 11.7. The van der Waals surface area contributed by atoms with Crippen molar-refractivity contribution in [3.05, 3.63) is 45.8 Å². The van der Waals surface area contributed by atoms with E-state index in [1.807, 2.05) is 24.3 Å². The van der Waals surface area contributed by atoms with Crippen LogP contribution >= 0.6 is 11.3 Å². The molecule has 0 bridgehead atoms. The molecule has 0 saturated carbocycles. The number of carbonyl (C=O) groups is 1. The lowest BCUT2D eigenvalue weighted by Gasteiger charge is -2.40. The molecule has 1 aliphatic carbocycles. The van der Waals surface area contributed by atoms with Crippen LogP contribution in [0.1, 0.15) is 60.5 Å². The molecular weight excluding hydrogens is 332 g/mol. The number of aromatic carboxylic acids is 1. The number of thiophene rings is 1. The highest BCUT2D eigenvalue weighted by Gasteiger charge is 2.42. The molecule has 0 atom stereocenters. The fourth-order valence-corrected chi connectivity index (χ4v) is 5.91. The second-order valence-corrected chi connectivity index (χ2v) is 9.43. The van der Waals surface area contributed by atoms with Crippen LogP contribution in [0.4, 0.5) is 0 Å². The van der Waals surface area contributed by atoms with Gasteiger partial charge in [-0.05, 0) is 40.4 Å². The van der Waals surface area contributed by atoms with Gasteiger partial charge in [0, 0.05) is 16.9 Å². The number of ether oxygens (including phenoxy) is 1. The molecule has 0 amide bonds. The Hall–Kier alpha value is -1.65. The van der Waals surface area contributed by atoms with Crippen LogP contribution in [0.5, 0.6) is 0 Å². The highest BCUT2D eigenvalue weighted by atomic mass is 32.1. The first kappa shape index (κ1) is 18.2. The summed E-state index contributed by atoms with van der Waals surface area (Å²) in [6.07, 6.45) is 1.88. The van der Waals surface area contributed by atoms with Crippen LogP contribution in [0.3, 0.4) is 0 Å². The van der Waals surface area contributed by atoms with Crippen LogP contribution in [-0.2, 0) is 23.2 Å². The first-order valence-corrected chi connectivity index (χ1v) is 9.44. The van der Waals surface area contributed by atoms with Gasteiger partial charge >= 0.3 is 5.97 Å². The Morgan fingerprint density at radius 3 is 2.56 bits per heavy atom. The van der Waals surface area contributed by atoms with Crippen molar-refractivity contribution in [3.8, 4) is 10.4 Å². The van der Waals surface area contributed by atoms with E-state index < -0.39 is 5.97 Å². The zero-order valence-electron chi connectivity index (χ0n) is 15.6. The van der Waals surface area contributed by atoms with Crippen molar-refractivity contribution in [1.82, 2.24) is 0 Å². The fourth-order valence-electron chi connectivity index (χ4n) is 4.44. The Morgan fingerprint density at radius 2 is 1.92 bits per heavy atom. The number of hydrogen-bond acceptors (Lipinski definition) is 3. The molecule has 134 valence electrons. The maximum Gasteiger partial charge on any atom is 0.337 e. The second kappa shape index (κ2) is 6.26. The number of methoxy groups -OCH3 is 1. The third-order valence-electron chi connectivity index (χ3n) is 4.97. The zero-order valence-corrected chi connectivity index (χ0v) is 16.4. The van der Waals surface area contributed by atoms with Crippen LogP contribution in [0, 0.1) is 5.41 Å². The maximum absolute atomic E-state index is 12.2. The lowest BCUT2D eigenvalue weighted by molar-refractivity contribution is 0.0695. The minimum atomic E-state index is -0.826. The molecule has 1 aromatic carbocycles. The maximum atomic E-state index is 12.2. The van der Waals surface area contributed by atoms with E-state index in [2.05, 4.69) is 27.7 Å². The van der Waals surface area contributed by atoms with E-state index in [1.54, 1.807) is 18.4 Å². The Kier molecular flexibility index (Phi) is 4.54. The smallest absolute Gasteiger partial charge is 0.337 e. The van der Waals surface area contributed by atoms with Crippen molar-refractivity contribution in [3.63, 3.8) is 0 Å². The van der Waals surface area contributed by atoms with Crippen molar-refractivity contribution < 1.29 is 14.6 Å². The molecule has 0 unspecified atom stereocenters. The molecule has 3 nitrogen and oxygen atoms in total. The number of carboxylic acids is 1. The van der Waals surface area contributed by atoms with Gasteiger partial charge in [-0.15, -0.1) is 11.3 Å². The summed E-state index contributed by atoms with van der Waals surface area (Å²) >= 11 is 1.65. The summed E-state index contributed by atoms with van der Waals surface area (Å²) in [5.74, 6) is -0.826. The van der Waals surface area contributed by atoms with Crippen LogP contribution in [0.2, 0.25) is 0 Å². The van der Waals surface area contributed by atoms with Crippen molar-refractivity contribution in [2.45, 2.75) is 52.6 Å². The van der Waals surface area contributed by atoms with Gasteiger partial charge < -0.3 is 9.84 Å². The zero-order chi connectivity index (χ0) is 18.4. The van der Waals surface area contributed by atoms with E-state index in [-0.39, 0.29) is 10.8 Å². The van der Waals surface area contributed by atoms with Gasteiger partial charge in [0.05, 0.1) is 12.2 Å². The average molecular weight is 359 g/mol. The lowest BCUT2D eigenvalue weighted by Crippen LogP contribution is -2.34. The summed E-state index contributed by atoms with van der Waals surface area (Å²) in [7, 11) is 1.67. The number of fused-ring (bicyclic) bond motifs is 1. The molecule has 0 aliphatic heterocycles. The Morgan fingerprint density at radius 1 is 1.24 bits per heavy atom. The standard InChI is InChI=1S/C21H26O3S/c1-20(2)10-15-16(19(22)23)17(25-18(15)21(3,4)12-20)14-9-7-6-8-13(14)11-24-5/h6-9H,10-12H2,1-5H3,(H,22,23). The molecule has 25 heavy (non-hydrogen) atoms. The van der Waals surface area contributed by atoms with Gasteiger partial charge in [0.15, 0.2) is 0 Å². The van der Waals surface area contributed by atoms with Crippen LogP contribution in [-0.4, -0.2) is 18.2 Å². The molecule has 2 aromatic rings. The largest absolute Gasteiger partial charge is 0.478 e. The van der Waals surface area contributed by atoms with Crippen LogP contribution in [0.15, 0.2) is 24.3 Å². The topological polar surface area (TPSA) is 46.5 Å². The second-order valence-electron chi connectivity index (χ2n) is 8.41. The van der Waals surface area contributed by atoms with Gasteiger partial charge in [-0.1, -0.05) is 52.0 Å². The van der Waals surface area contributed by atoms with Crippen molar-refractivity contribution in [1.29, 1.82) is 0 Å². The molecule has 1 heterocycles. The minimum Gasteiger partial charge on any atom is -0.478 e. The van der Waals surface area contributed by atoms with Gasteiger partial charge in [0.1, 0.15) is 0 Å². The minimum absolute atomic E-state index is 0.0135. The molecule has 0 radical (unpaired) electrons. The molecule has 1 aliphatic rings. The average Bonchev–Trinajstić information content (AvgIpc) is 2.86. The van der Waals surface area contributed by atoms with E-state index in [0.29, 0.717) is 12.2 Å². The predicted octanol–water partition coefficient (Wildman–Crippen LogP) is 5.51. The fraction of sp³-hybridized carbons (Fsp3) is 0.476. The summed E-state index contributed by atoms with van der Waals surface area (Å²) in [5.41, 5.74) is 3.62. The number of benzene rings is 1. The number of hydrogen-bond donors (Lipinski definition) is 1. The molecule has 3 rings (SSSR count). The summed E-state index contributed by atoms with van der Waals surface area (Å²) in [4.78, 5) is 14.3. The van der Waals surface area contributed by atoms with Gasteiger partial charge in [-0.2, -0.15) is 0 Å². The van der Waals surface area contributed by atoms with Crippen molar-refractivity contribution >= 4 is 17.3 Å². The van der Waals surface area contributed by atoms with E-state index in [9.17, 15) is 9.90 Å². The van der Waals surface area contributed by atoms with Crippen molar-refractivity contribution in [2.24, 2.45) is 5.41 Å². The summed E-state index contributed by atoms with van der Waals surface area (Å²) < 4.78 is 5.32. The molecule has 4 heteroatoms. The normalized spacial score (nSPS) is 18.0. The van der Waals surface area contributed by atoms with E-state index >= 15 is 0 Å². The Labute approximate surface area is 153 Å². The van der Waals surface area contributed by atoms with Crippen molar-refractivity contribution in [2.75, 3.05) is 7.11 Å². The van der Waals surface area contributed by atoms with Gasteiger partial charge in [0.2, 0.25) is 0 Å². The number of carboxylic acid groups (broad SMARTS) is 1. The molecule has 0 saturated heterocycles. The predicted molar refractivity (Wildman–Crippen MR) is 103 cm³/mol. The quantitative estimate of drug-likeness (QED) is 0.784. The lowest BCUT2D eigenvalue weighted by atomic mass is 9.65. The third kappa shape index (κ3) is 3.25. The first-order valence-electron chi connectivity index (χ1n) is 8.63. The summed E-state index contributed by atoms with van der Waals surface area (Å²) in [6, 6.07) is 7.96. The summed E-state index contributed by atoms with van der Waals surface area (Å²) in [6.45, 7) is 9.42. The third-order valence-corrected chi connectivity index (χ3v) is 6.60. The van der Waals surface area contributed by atoms with Gasteiger partial charge in [0.25, 0.3) is 0 Å². The molecule has 1 aromatic heterocycles. The summed E-state index contributed by atoms with van der Waals surface area (Å²) in [5, 5.41) is 10.0. The van der Waals surface area contributed by atoms with E-state index in [4.69, 9.17) is 4.74 Å². The molecular formula is C21H26O3S. The highest BCUT2D eigenvalue weighted by Crippen LogP contribution is 2.52. The number of rotatable bonds is 4.